The Morgan fingerprint density at radius 3 is 2.67 bits per heavy atom. The van der Waals surface area contributed by atoms with Gasteiger partial charge in [0.25, 0.3) is 0 Å². The number of aromatic nitrogens is 4. The molecule has 0 saturated carbocycles. The van der Waals surface area contributed by atoms with Crippen LogP contribution >= 0.6 is 23.1 Å². The van der Waals surface area contributed by atoms with Crippen molar-refractivity contribution in [1.29, 1.82) is 0 Å². The van der Waals surface area contributed by atoms with Crippen molar-refractivity contribution in [2.75, 3.05) is 0 Å². The molecule has 0 amide bonds. The van der Waals surface area contributed by atoms with Gasteiger partial charge in [0, 0.05) is 6.07 Å². The van der Waals surface area contributed by atoms with Gasteiger partial charge in [-0.15, -0.1) is 10.2 Å². The van der Waals surface area contributed by atoms with E-state index in [-0.39, 0.29) is 5.03 Å². The van der Waals surface area contributed by atoms with Crippen LogP contribution in [0.15, 0.2) is 15.4 Å². The number of hydrogen-bond acceptors (Lipinski definition) is 6. The predicted octanol–water partition coefficient (Wildman–Crippen LogP) is 2.07. The summed E-state index contributed by atoms with van der Waals surface area (Å²) < 4.78 is 25.9. The van der Waals surface area contributed by atoms with E-state index in [9.17, 15) is 8.78 Å². The predicted molar refractivity (Wildman–Crippen MR) is 50.7 cm³/mol. The smallest absolute Gasteiger partial charge is 0.195 e. The van der Waals surface area contributed by atoms with Crippen LogP contribution in [-0.4, -0.2) is 20.2 Å². The zero-order valence-corrected chi connectivity index (χ0v) is 9.07. The Balaban J connectivity index is 2.24. The SMILES string of the molecule is Cc1nnc(Sc2cc(F)nc(F)n2)s1. The van der Waals surface area contributed by atoms with E-state index in [4.69, 9.17) is 0 Å². The van der Waals surface area contributed by atoms with Gasteiger partial charge in [-0.2, -0.15) is 18.7 Å². The molecule has 0 unspecified atom stereocenters. The molecule has 0 saturated heterocycles. The van der Waals surface area contributed by atoms with Crippen molar-refractivity contribution in [3.8, 4) is 0 Å². The first-order valence-corrected chi connectivity index (χ1v) is 5.45. The minimum atomic E-state index is -1.08. The standard InChI is InChI=1S/C7H4F2N4S2/c1-3-12-13-7(14-3)15-5-2-4(8)10-6(9)11-5/h2H,1H3. The van der Waals surface area contributed by atoms with E-state index in [1.807, 2.05) is 0 Å². The number of hydrogen-bond donors (Lipinski definition) is 0. The fourth-order valence-electron chi connectivity index (χ4n) is 0.832. The first kappa shape index (κ1) is 10.4. The molecule has 0 aliphatic rings. The molecule has 4 nitrogen and oxygen atoms in total. The van der Waals surface area contributed by atoms with Crippen molar-refractivity contribution < 1.29 is 8.78 Å². The third-order valence-corrected chi connectivity index (χ3v) is 3.15. The van der Waals surface area contributed by atoms with Gasteiger partial charge in [0.2, 0.25) is 5.95 Å². The normalized spacial score (nSPS) is 10.6. The maximum atomic E-state index is 12.7. The number of aryl methyl sites for hydroxylation is 1. The first-order chi connectivity index (χ1) is 7.13. The van der Waals surface area contributed by atoms with E-state index < -0.39 is 12.0 Å². The fraction of sp³-hybridized carbons (Fsp3) is 0.143. The summed E-state index contributed by atoms with van der Waals surface area (Å²) in [5, 5.41) is 8.53. The van der Waals surface area contributed by atoms with Gasteiger partial charge in [0.05, 0.1) is 0 Å². The van der Waals surface area contributed by atoms with E-state index in [2.05, 4.69) is 20.2 Å². The average molecular weight is 246 g/mol. The van der Waals surface area contributed by atoms with Gasteiger partial charge in [-0.1, -0.05) is 11.3 Å². The molecule has 0 spiro atoms. The topological polar surface area (TPSA) is 51.6 Å². The van der Waals surface area contributed by atoms with Crippen molar-refractivity contribution in [1.82, 2.24) is 20.2 Å². The molecule has 0 N–H and O–H groups in total. The third-order valence-electron chi connectivity index (χ3n) is 1.34. The summed E-state index contributed by atoms with van der Waals surface area (Å²) in [4.78, 5) is 6.31. The van der Waals surface area contributed by atoms with Crippen LogP contribution in [0.5, 0.6) is 0 Å². The van der Waals surface area contributed by atoms with Crippen molar-refractivity contribution in [3.63, 3.8) is 0 Å². The van der Waals surface area contributed by atoms with Gasteiger partial charge in [-0.25, -0.2) is 0 Å². The molecule has 78 valence electrons. The van der Waals surface area contributed by atoms with Gasteiger partial charge < -0.3 is 0 Å². The lowest BCUT2D eigenvalue weighted by Gasteiger charge is -1.95. The Kier molecular flexibility index (Phi) is 2.87. The number of halogens is 2. The van der Waals surface area contributed by atoms with Crippen molar-refractivity contribution in [2.45, 2.75) is 16.3 Å². The lowest BCUT2D eigenvalue weighted by atomic mass is 10.7. The van der Waals surface area contributed by atoms with Gasteiger partial charge in [0.15, 0.2) is 4.34 Å². The Morgan fingerprint density at radius 1 is 1.27 bits per heavy atom. The highest BCUT2D eigenvalue weighted by atomic mass is 32.2. The fourth-order valence-corrected chi connectivity index (χ4v) is 2.57. The highest BCUT2D eigenvalue weighted by Crippen LogP contribution is 2.28. The highest BCUT2D eigenvalue weighted by molar-refractivity contribution is 8.01. The molecule has 2 aromatic heterocycles. The van der Waals surface area contributed by atoms with Gasteiger partial charge in [0.1, 0.15) is 10.0 Å². The monoisotopic (exact) mass is 246 g/mol. The van der Waals surface area contributed by atoms with Crippen molar-refractivity contribution in [2.24, 2.45) is 0 Å². The maximum Gasteiger partial charge on any atom is 0.312 e. The van der Waals surface area contributed by atoms with Crippen LogP contribution in [0.1, 0.15) is 5.01 Å². The highest BCUT2D eigenvalue weighted by Gasteiger charge is 2.08. The Morgan fingerprint density at radius 2 is 2.07 bits per heavy atom. The lowest BCUT2D eigenvalue weighted by molar-refractivity contribution is 0.470. The Hall–Kier alpha value is -1.15. The quantitative estimate of drug-likeness (QED) is 0.599. The number of nitrogens with zero attached hydrogens (tertiary/aromatic N) is 4. The van der Waals surface area contributed by atoms with E-state index in [1.54, 1.807) is 6.92 Å². The van der Waals surface area contributed by atoms with Crippen LogP contribution in [0.2, 0.25) is 0 Å². The average Bonchev–Trinajstić information content (AvgIpc) is 2.49. The molecule has 0 bridgehead atoms. The summed E-state index contributed by atoms with van der Waals surface area (Å²) in [5.41, 5.74) is 0. The zero-order chi connectivity index (χ0) is 10.8. The minimum absolute atomic E-state index is 0.177. The Bertz CT molecular complexity index is 467. The second-order valence-corrected chi connectivity index (χ2v) is 4.94. The summed E-state index contributed by atoms with van der Waals surface area (Å²) in [6, 6.07) is 1.05. The molecule has 0 atom stereocenters. The van der Waals surface area contributed by atoms with Crippen LogP contribution < -0.4 is 0 Å². The molecule has 0 aromatic carbocycles. The molecule has 2 rings (SSSR count). The minimum Gasteiger partial charge on any atom is -0.195 e. The second kappa shape index (κ2) is 4.15. The summed E-state index contributed by atoms with van der Waals surface area (Å²) in [6.07, 6.45) is -1.08. The van der Waals surface area contributed by atoms with E-state index in [0.717, 1.165) is 22.8 Å². The summed E-state index contributed by atoms with van der Waals surface area (Å²) in [5.74, 6) is -0.897. The summed E-state index contributed by atoms with van der Waals surface area (Å²) in [7, 11) is 0. The molecular formula is C7H4F2N4S2. The lowest BCUT2D eigenvalue weighted by Crippen LogP contribution is -1.94. The maximum absolute atomic E-state index is 12.7. The largest absolute Gasteiger partial charge is 0.312 e. The van der Waals surface area contributed by atoms with Crippen LogP contribution in [0.4, 0.5) is 8.78 Å². The molecule has 0 radical (unpaired) electrons. The van der Waals surface area contributed by atoms with Crippen molar-refractivity contribution in [3.05, 3.63) is 23.1 Å². The van der Waals surface area contributed by atoms with Crippen LogP contribution in [0.3, 0.4) is 0 Å². The third kappa shape index (κ3) is 2.66. The van der Waals surface area contributed by atoms with E-state index >= 15 is 0 Å². The first-order valence-electron chi connectivity index (χ1n) is 3.81. The van der Waals surface area contributed by atoms with Crippen LogP contribution in [0.25, 0.3) is 0 Å². The van der Waals surface area contributed by atoms with Gasteiger partial charge in [-0.3, -0.25) is 0 Å². The summed E-state index contributed by atoms with van der Waals surface area (Å²) >= 11 is 2.38. The van der Waals surface area contributed by atoms with Gasteiger partial charge in [-0.05, 0) is 18.7 Å². The molecule has 2 aromatic rings. The zero-order valence-electron chi connectivity index (χ0n) is 7.44. The molecule has 0 aliphatic carbocycles. The number of rotatable bonds is 2. The van der Waals surface area contributed by atoms with E-state index in [1.165, 1.54) is 11.3 Å². The van der Waals surface area contributed by atoms with Gasteiger partial charge >= 0.3 is 6.08 Å². The molecule has 0 fully saturated rings. The van der Waals surface area contributed by atoms with E-state index in [0.29, 0.717) is 4.34 Å². The molecule has 0 aliphatic heterocycles. The second-order valence-electron chi connectivity index (χ2n) is 2.49. The Labute approximate surface area is 91.8 Å². The molecule has 2 heterocycles. The van der Waals surface area contributed by atoms with Crippen LogP contribution in [-0.2, 0) is 0 Å². The molecular weight excluding hydrogens is 242 g/mol. The molecule has 8 heteroatoms. The molecule has 15 heavy (non-hydrogen) atoms. The van der Waals surface area contributed by atoms with Crippen molar-refractivity contribution >= 4 is 23.1 Å². The summed E-state index contributed by atoms with van der Waals surface area (Å²) in [6.45, 7) is 1.79. The van der Waals surface area contributed by atoms with Crippen LogP contribution in [0, 0.1) is 18.9 Å².